The second kappa shape index (κ2) is 4.97. The fourth-order valence-corrected chi connectivity index (χ4v) is 4.37. The molecule has 0 bridgehead atoms. The third-order valence-electron chi connectivity index (χ3n) is 4.33. The highest BCUT2D eigenvalue weighted by Gasteiger charge is 2.29. The summed E-state index contributed by atoms with van der Waals surface area (Å²) in [5.74, 6) is 0. The highest BCUT2D eigenvalue weighted by atomic mass is 32.1. The number of imidazole rings is 1. The van der Waals surface area contributed by atoms with Crippen LogP contribution < -0.4 is 5.32 Å². The molecular weight excluding hydrogens is 268 g/mol. The molecule has 0 aliphatic heterocycles. The Bertz CT molecular complexity index is 588. The van der Waals surface area contributed by atoms with Crippen LogP contribution in [0.1, 0.15) is 59.0 Å². The minimum absolute atomic E-state index is 0.189. The first-order valence-electron chi connectivity index (χ1n) is 7.54. The van der Waals surface area contributed by atoms with E-state index in [0.29, 0.717) is 6.04 Å². The number of aryl methyl sites for hydroxylation is 2. The van der Waals surface area contributed by atoms with Crippen molar-refractivity contribution in [1.82, 2.24) is 19.9 Å². The van der Waals surface area contributed by atoms with E-state index in [1.54, 1.807) is 0 Å². The van der Waals surface area contributed by atoms with Crippen molar-refractivity contribution >= 4 is 11.3 Å². The van der Waals surface area contributed by atoms with Crippen molar-refractivity contribution in [3.63, 3.8) is 0 Å². The minimum Gasteiger partial charge on any atom is -0.330 e. The molecule has 1 fully saturated rings. The Morgan fingerprint density at radius 2 is 2.20 bits per heavy atom. The number of nitrogens with one attached hydrogen (secondary N) is 1. The summed E-state index contributed by atoms with van der Waals surface area (Å²) in [6, 6.07) is 0.853. The molecule has 0 saturated heterocycles. The first kappa shape index (κ1) is 12.5. The van der Waals surface area contributed by atoms with Gasteiger partial charge in [0.1, 0.15) is 11.0 Å². The van der Waals surface area contributed by atoms with Crippen molar-refractivity contribution in [2.24, 2.45) is 0 Å². The molecule has 1 saturated carbocycles. The largest absolute Gasteiger partial charge is 0.330 e. The van der Waals surface area contributed by atoms with Crippen molar-refractivity contribution < 1.29 is 0 Å². The van der Waals surface area contributed by atoms with Crippen molar-refractivity contribution in [1.29, 1.82) is 0 Å². The predicted molar refractivity (Wildman–Crippen MR) is 80.2 cm³/mol. The number of hydrogen-bond donors (Lipinski definition) is 1. The van der Waals surface area contributed by atoms with Crippen molar-refractivity contribution in [3.05, 3.63) is 33.8 Å². The number of fused-ring (bicyclic) bond motifs is 1. The number of nitrogens with zero attached hydrogens (tertiary/aromatic N) is 3. The van der Waals surface area contributed by atoms with Crippen LogP contribution in [-0.2, 0) is 12.8 Å². The molecule has 1 unspecified atom stereocenters. The van der Waals surface area contributed by atoms with Crippen LogP contribution in [0.3, 0.4) is 0 Å². The van der Waals surface area contributed by atoms with E-state index >= 15 is 0 Å². The average Bonchev–Trinajstić information content (AvgIpc) is 3.05. The maximum Gasteiger partial charge on any atom is 0.116 e. The Balaban J connectivity index is 1.70. The van der Waals surface area contributed by atoms with Crippen LogP contribution in [0.25, 0.3) is 0 Å². The molecule has 2 heterocycles. The third kappa shape index (κ3) is 2.09. The zero-order chi connectivity index (χ0) is 13.5. The molecule has 20 heavy (non-hydrogen) atoms. The lowest BCUT2D eigenvalue weighted by molar-refractivity contribution is 0.595. The quantitative estimate of drug-likeness (QED) is 0.940. The highest BCUT2D eigenvalue weighted by molar-refractivity contribution is 7.11. The van der Waals surface area contributed by atoms with E-state index in [2.05, 4.69) is 14.9 Å². The third-order valence-corrected chi connectivity index (χ3v) is 5.55. The van der Waals surface area contributed by atoms with E-state index in [-0.39, 0.29) is 6.04 Å². The van der Waals surface area contributed by atoms with Crippen LogP contribution >= 0.6 is 11.3 Å². The van der Waals surface area contributed by atoms with Crippen molar-refractivity contribution in [3.8, 4) is 0 Å². The molecule has 2 aliphatic carbocycles. The maximum absolute atomic E-state index is 4.91. The molecule has 4 nitrogen and oxygen atoms in total. The Kier molecular flexibility index (Phi) is 3.11. The van der Waals surface area contributed by atoms with Gasteiger partial charge in [-0.25, -0.2) is 9.97 Å². The van der Waals surface area contributed by atoms with Gasteiger partial charge in [-0.05, 0) is 45.6 Å². The topological polar surface area (TPSA) is 42.7 Å². The summed E-state index contributed by atoms with van der Waals surface area (Å²) in [6.07, 6.45) is 11.5. The van der Waals surface area contributed by atoms with Gasteiger partial charge in [-0.3, -0.25) is 0 Å². The maximum atomic E-state index is 4.91. The number of hydrogen-bond acceptors (Lipinski definition) is 4. The standard InChI is InChI=1S/C15H20N4S/c1-16-14(12-8-17-9-19(12)10-6-7-10)15-18-11-4-2-3-5-13(11)20-15/h8-10,14,16H,2-7H2,1H3. The summed E-state index contributed by atoms with van der Waals surface area (Å²) >= 11 is 1.89. The van der Waals surface area contributed by atoms with Crippen LogP contribution in [0, 0.1) is 0 Å². The summed E-state index contributed by atoms with van der Waals surface area (Å²) in [7, 11) is 2.02. The van der Waals surface area contributed by atoms with E-state index in [4.69, 9.17) is 4.98 Å². The molecule has 2 aromatic rings. The Hall–Kier alpha value is -1.20. The fourth-order valence-electron chi connectivity index (χ4n) is 3.09. The van der Waals surface area contributed by atoms with Gasteiger partial charge in [-0.2, -0.15) is 0 Å². The first-order valence-corrected chi connectivity index (χ1v) is 8.36. The van der Waals surface area contributed by atoms with Crippen LogP contribution in [-0.4, -0.2) is 21.6 Å². The van der Waals surface area contributed by atoms with Gasteiger partial charge in [-0.15, -0.1) is 11.3 Å². The Morgan fingerprint density at radius 3 is 2.95 bits per heavy atom. The van der Waals surface area contributed by atoms with E-state index < -0.39 is 0 Å². The zero-order valence-electron chi connectivity index (χ0n) is 11.8. The van der Waals surface area contributed by atoms with E-state index in [1.165, 1.54) is 53.4 Å². The molecule has 106 valence electrons. The lowest BCUT2D eigenvalue weighted by Crippen LogP contribution is -2.20. The SMILES string of the molecule is CNC(c1nc2c(s1)CCCC2)c1cncn1C1CC1. The van der Waals surface area contributed by atoms with Gasteiger partial charge in [0.2, 0.25) is 0 Å². The summed E-state index contributed by atoms with van der Waals surface area (Å²) in [4.78, 5) is 10.8. The molecule has 1 atom stereocenters. The molecule has 0 spiro atoms. The summed E-state index contributed by atoms with van der Waals surface area (Å²) in [6.45, 7) is 0. The fraction of sp³-hybridized carbons (Fsp3) is 0.600. The molecule has 4 rings (SSSR count). The molecule has 2 aromatic heterocycles. The van der Waals surface area contributed by atoms with Gasteiger partial charge in [0, 0.05) is 10.9 Å². The smallest absolute Gasteiger partial charge is 0.116 e. The van der Waals surface area contributed by atoms with Gasteiger partial charge >= 0.3 is 0 Å². The van der Waals surface area contributed by atoms with Gasteiger partial charge in [0.05, 0.1) is 23.9 Å². The van der Waals surface area contributed by atoms with Crippen LogP contribution in [0.4, 0.5) is 0 Å². The number of thiazole rings is 1. The van der Waals surface area contributed by atoms with Crippen LogP contribution in [0.2, 0.25) is 0 Å². The highest BCUT2D eigenvalue weighted by Crippen LogP contribution is 2.39. The lowest BCUT2D eigenvalue weighted by atomic mass is 10.0. The molecule has 2 aliphatic rings. The molecule has 0 amide bonds. The van der Waals surface area contributed by atoms with Crippen LogP contribution in [0.5, 0.6) is 0 Å². The van der Waals surface area contributed by atoms with Crippen LogP contribution in [0.15, 0.2) is 12.5 Å². The average molecular weight is 288 g/mol. The molecule has 1 N–H and O–H groups in total. The van der Waals surface area contributed by atoms with E-state index in [9.17, 15) is 0 Å². The predicted octanol–water partition coefficient (Wildman–Crippen LogP) is 2.86. The molecule has 5 heteroatoms. The monoisotopic (exact) mass is 288 g/mol. The van der Waals surface area contributed by atoms with Gasteiger partial charge in [0.15, 0.2) is 0 Å². The van der Waals surface area contributed by atoms with Gasteiger partial charge in [0.25, 0.3) is 0 Å². The Morgan fingerprint density at radius 1 is 1.35 bits per heavy atom. The Labute approximate surface area is 123 Å². The molecule has 0 aromatic carbocycles. The number of rotatable bonds is 4. The van der Waals surface area contributed by atoms with E-state index in [0.717, 1.165) is 6.42 Å². The summed E-state index contributed by atoms with van der Waals surface area (Å²) in [5.41, 5.74) is 2.61. The zero-order valence-corrected chi connectivity index (χ0v) is 12.6. The minimum atomic E-state index is 0.189. The molecular formula is C15H20N4S. The second-order valence-corrected chi connectivity index (χ2v) is 6.92. The van der Waals surface area contributed by atoms with Crippen molar-refractivity contribution in [2.75, 3.05) is 7.05 Å². The van der Waals surface area contributed by atoms with E-state index in [1.807, 2.05) is 30.9 Å². The lowest BCUT2D eigenvalue weighted by Gasteiger charge is -2.15. The normalized spacial score (nSPS) is 19.9. The van der Waals surface area contributed by atoms with Gasteiger partial charge < -0.3 is 9.88 Å². The summed E-state index contributed by atoms with van der Waals surface area (Å²) < 4.78 is 2.33. The number of aromatic nitrogens is 3. The van der Waals surface area contributed by atoms with Gasteiger partial charge in [-0.1, -0.05) is 0 Å². The molecule has 0 radical (unpaired) electrons. The first-order chi connectivity index (χ1) is 9.86. The summed E-state index contributed by atoms with van der Waals surface area (Å²) in [5, 5.41) is 4.65. The van der Waals surface area contributed by atoms with Crippen molar-refractivity contribution in [2.45, 2.75) is 50.6 Å². The second-order valence-electron chi connectivity index (χ2n) is 5.81.